The first kappa shape index (κ1) is 17.2. The molecule has 0 fully saturated rings. The quantitative estimate of drug-likeness (QED) is 0.515. The molecule has 2 rings (SSSR count). The average molecular weight is 479 g/mol. The summed E-state index contributed by atoms with van der Waals surface area (Å²) in [6.07, 6.45) is 3.01. The maximum atomic E-state index is 4.59. The Morgan fingerprint density at radius 3 is 2.48 bits per heavy atom. The molecule has 114 valence electrons. The van der Waals surface area contributed by atoms with E-state index in [1.54, 1.807) is 0 Å². The van der Waals surface area contributed by atoms with Gasteiger partial charge in [0.25, 0.3) is 0 Å². The fourth-order valence-corrected chi connectivity index (χ4v) is 4.15. The van der Waals surface area contributed by atoms with Crippen molar-refractivity contribution in [1.29, 1.82) is 0 Å². The lowest BCUT2D eigenvalue weighted by Crippen LogP contribution is -2.13. The molecule has 0 aliphatic carbocycles. The van der Waals surface area contributed by atoms with Gasteiger partial charge in [0.1, 0.15) is 0 Å². The van der Waals surface area contributed by atoms with Gasteiger partial charge in [-0.25, -0.2) is 0 Å². The number of aryl methyl sites for hydroxylation is 2. The molecule has 0 radical (unpaired) electrons. The Balaban J connectivity index is 2.16. The van der Waals surface area contributed by atoms with Gasteiger partial charge in [-0.15, -0.1) is 0 Å². The summed E-state index contributed by atoms with van der Waals surface area (Å²) in [5.74, 6) is 0.542. The highest BCUT2D eigenvalue weighted by atomic mass is 79.9. The minimum Gasteiger partial charge on any atom is -0.271 e. The summed E-state index contributed by atoms with van der Waals surface area (Å²) in [5.41, 5.74) is 3.78. The Hall–Kier alpha value is -0.130. The van der Waals surface area contributed by atoms with Gasteiger partial charge in [0, 0.05) is 16.9 Å². The molecular weight excluding hydrogens is 460 g/mol. The number of hydrogen-bond acceptors (Lipinski definition) is 1. The van der Waals surface area contributed by atoms with Gasteiger partial charge in [-0.2, -0.15) is 5.10 Å². The fourth-order valence-electron chi connectivity index (χ4n) is 2.47. The van der Waals surface area contributed by atoms with E-state index in [1.807, 2.05) is 11.7 Å². The number of halogens is 3. The molecule has 21 heavy (non-hydrogen) atoms. The molecule has 2 nitrogen and oxygen atoms in total. The topological polar surface area (TPSA) is 17.8 Å². The Labute approximate surface area is 151 Å². The van der Waals surface area contributed by atoms with E-state index in [0.29, 0.717) is 5.92 Å². The SMILES string of the molecule is CCc1nn(C)c(CC(CBr)Cc2ccccc2Br)c1Br. The summed E-state index contributed by atoms with van der Waals surface area (Å²) in [7, 11) is 2.03. The van der Waals surface area contributed by atoms with Crippen molar-refractivity contribution in [2.75, 3.05) is 5.33 Å². The number of aromatic nitrogens is 2. The van der Waals surface area contributed by atoms with Gasteiger partial charge in [0.15, 0.2) is 0 Å². The third-order valence-corrected chi connectivity index (χ3v) is 6.27. The van der Waals surface area contributed by atoms with Gasteiger partial charge < -0.3 is 0 Å². The Kier molecular flexibility index (Phi) is 6.51. The van der Waals surface area contributed by atoms with Crippen LogP contribution in [0.4, 0.5) is 0 Å². The molecule has 0 spiro atoms. The highest BCUT2D eigenvalue weighted by Crippen LogP contribution is 2.27. The molecular formula is C16H19Br3N2. The molecule has 0 saturated carbocycles. The van der Waals surface area contributed by atoms with Crippen LogP contribution in [0.3, 0.4) is 0 Å². The van der Waals surface area contributed by atoms with Crippen LogP contribution in [0.25, 0.3) is 0 Å². The lowest BCUT2D eigenvalue weighted by Gasteiger charge is -2.15. The van der Waals surface area contributed by atoms with Crippen molar-refractivity contribution in [2.24, 2.45) is 13.0 Å². The van der Waals surface area contributed by atoms with E-state index in [1.165, 1.54) is 20.2 Å². The normalized spacial score (nSPS) is 12.6. The van der Waals surface area contributed by atoms with E-state index >= 15 is 0 Å². The van der Waals surface area contributed by atoms with Crippen molar-refractivity contribution in [1.82, 2.24) is 9.78 Å². The van der Waals surface area contributed by atoms with Gasteiger partial charge in [0.2, 0.25) is 0 Å². The number of rotatable bonds is 6. The molecule has 0 aliphatic rings. The van der Waals surface area contributed by atoms with Gasteiger partial charge in [-0.3, -0.25) is 4.68 Å². The first-order chi connectivity index (χ1) is 10.1. The highest BCUT2D eigenvalue weighted by molar-refractivity contribution is 9.11. The molecule has 1 aromatic carbocycles. The smallest absolute Gasteiger partial charge is 0.0766 e. The number of hydrogen-bond donors (Lipinski definition) is 0. The van der Waals surface area contributed by atoms with E-state index in [0.717, 1.165) is 30.3 Å². The second-order valence-corrected chi connectivity index (χ2v) is 7.50. The summed E-state index contributed by atoms with van der Waals surface area (Å²) in [5, 5.41) is 5.57. The third kappa shape index (κ3) is 4.20. The van der Waals surface area contributed by atoms with Crippen molar-refractivity contribution in [3.8, 4) is 0 Å². The van der Waals surface area contributed by atoms with Crippen LogP contribution in [0, 0.1) is 5.92 Å². The second kappa shape index (κ2) is 7.93. The van der Waals surface area contributed by atoms with E-state index < -0.39 is 0 Å². The zero-order chi connectivity index (χ0) is 15.4. The van der Waals surface area contributed by atoms with E-state index in [-0.39, 0.29) is 0 Å². The molecule has 1 heterocycles. The predicted molar refractivity (Wildman–Crippen MR) is 99.1 cm³/mol. The molecule has 1 unspecified atom stereocenters. The van der Waals surface area contributed by atoms with Crippen LogP contribution in [0.5, 0.6) is 0 Å². The van der Waals surface area contributed by atoms with Gasteiger partial charge in [0.05, 0.1) is 15.9 Å². The average Bonchev–Trinajstić information content (AvgIpc) is 2.75. The van der Waals surface area contributed by atoms with Gasteiger partial charge >= 0.3 is 0 Å². The van der Waals surface area contributed by atoms with Crippen LogP contribution in [0.2, 0.25) is 0 Å². The number of alkyl halides is 1. The number of nitrogens with zero attached hydrogens (tertiary/aromatic N) is 2. The summed E-state index contributed by atoms with van der Waals surface area (Å²) < 4.78 is 4.37. The zero-order valence-electron chi connectivity index (χ0n) is 12.2. The fraction of sp³-hybridized carbons (Fsp3) is 0.438. The second-order valence-electron chi connectivity index (χ2n) is 5.20. The monoisotopic (exact) mass is 476 g/mol. The summed E-state index contributed by atoms with van der Waals surface area (Å²) >= 11 is 11.0. The molecule has 0 bridgehead atoms. The minimum absolute atomic E-state index is 0.542. The molecule has 0 aliphatic heterocycles. The number of benzene rings is 1. The molecule has 1 aromatic heterocycles. The van der Waals surface area contributed by atoms with Crippen LogP contribution in [0.15, 0.2) is 33.2 Å². The third-order valence-electron chi connectivity index (χ3n) is 3.67. The van der Waals surface area contributed by atoms with Crippen LogP contribution in [0.1, 0.15) is 23.9 Å². The minimum atomic E-state index is 0.542. The highest BCUT2D eigenvalue weighted by Gasteiger charge is 2.18. The molecule has 5 heteroatoms. The zero-order valence-corrected chi connectivity index (χ0v) is 17.0. The van der Waals surface area contributed by atoms with Crippen molar-refractivity contribution in [3.63, 3.8) is 0 Å². The van der Waals surface area contributed by atoms with Gasteiger partial charge in [-0.05, 0) is 52.7 Å². The van der Waals surface area contributed by atoms with E-state index in [4.69, 9.17) is 0 Å². The maximum Gasteiger partial charge on any atom is 0.0766 e. The Morgan fingerprint density at radius 1 is 1.19 bits per heavy atom. The van der Waals surface area contributed by atoms with Crippen molar-refractivity contribution in [2.45, 2.75) is 26.2 Å². The molecule has 2 aromatic rings. The standard InChI is InChI=1S/C16H19Br3N2/c1-3-14-16(19)15(21(2)20-14)9-11(10-17)8-12-6-4-5-7-13(12)18/h4-7,11H,3,8-10H2,1-2H3. The summed E-state index contributed by atoms with van der Waals surface area (Å²) in [6.45, 7) is 2.14. The lowest BCUT2D eigenvalue weighted by molar-refractivity contribution is 0.554. The van der Waals surface area contributed by atoms with Crippen LogP contribution in [-0.4, -0.2) is 15.1 Å². The lowest BCUT2D eigenvalue weighted by atomic mass is 9.96. The van der Waals surface area contributed by atoms with E-state index in [9.17, 15) is 0 Å². The summed E-state index contributed by atoms with van der Waals surface area (Å²) in [6, 6.07) is 8.45. The van der Waals surface area contributed by atoms with Crippen LogP contribution in [-0.2, 0) is 26.3 Å². The van der Waals surface area contributed by atoms with Crippen LogP contribution < -0.4 is 0 Å². The van der Waals surface area contributed by atoms with Gasteiger partial charge in [-0.1, -0.05) is 57.0 Å². The first-order valence-corrected chi connectivity index (χ1v) is 9.77. The predicted octanol–water partition coefficient (Wildman–Crippen LogP) is 5.30. The van der Waals surface area contributed by atoms with E-state index in [2.05, 4.69) is 84.1 Å². The molecule has 0 saturated heterocycles. The summed E-state index contributed by atoms with van der Waals surface area (Å²) in [4.78, 5) is 0. The van der Waals surface area contributed by atoms with Crippen molar-refractivity contribution in [3.05, 3.63) is 50.2 Å². The molecule has 0 N–H and O–H groups in total. The Morgan fingerprint density at radius 2 is 1.90 bits per heavy atom. The van der Waals surface area contributed by atoms with Crippen molar-refractivity contribution < 1.29 is 0 Å². The Bertz CT molecular complexity index is 608. The largest absolute Gasteiger partial charge is 0.271 e. The first-order valence-electron chi connectivity index (χ1n) is 7.06. The van der Waals surface area contributed by atoms with Crippen LogP contribution >= 0.6 is 47.8 Å². The maximum absolute atomic E-state index is 4.59. The molecule has 0 amide bonds. The molecule has 1 atom stereocenters. The van der Waals surface area contributed by atoms with Crippen molar-refractivity contribution >= 4 is 47.8 Å².